The topological polar surface area (TPSA) is 38.0 Å². The van der Waals surface area contributed by atoms with Crippen LogP contribution in [0.1, 0.15) is 5.56 Å². The third-order valence-electron chi connectivity index (χ3n) is 1.55. The molecule has 0 saturated carbocycles. The van der Waals surface area contributed by atoms with Crippen molar-refractivity contribution in [1.29, 1.82) is 0 Å². The van der Waals surface area contributed by atoms with Crippen molar-refractivity contribution >= 4 is 5.69 Å². The summed E-state index contributed by atoms with van der Waals surface area (Å²) in [5.41, 5.74) is 6.73. The Balaban J connectivity index is 3.02. The molecule has 0 aliphatic heterocycles. The summed E-state index contributed by atoms with van der Waals surface area (Å²) in [5.74, 6) is -0.244. The first-order chi connectivity index (χ1) is 5.27. The van der Waals surface area contributed by atoms with Crippen LogP contribution in [0.3, 0.4) is 0 Å². The van der Waals surface area contributed by atoms with Crippen molar-refractivity contribution in [2.45, 2.75) is 6.54 Å². The summed E-state index contributed by atoms with van der Waals surface area (Å²) in [4.78, 5) is 0. The van der Waals surface area contributed by atoms with Gasteiger partial charge in [0.05, 0.1) is 0 Å². The molecule has 0 aliphatic rings. The van der Waals surface area contributed by atoms with Gasteiger partial charge in [-0.2, -0.15) is 0 Å². The van der Waals surface area contributed by atoms with Crippen LogP contribution >= 0.6 is 0 Å². The van der Waals surface area contributed by atoms with Crippen molar-refractivity contribution < 1.29 is 4.39 Å². The van der Waals surface area contributed by atoms with Gasteiger partial charge in [0, 0.05) is 24.8 Å². The van der Waals surface area contributed by atoms with E-state index in [2.05, 4.69) is 5.32 Å². The first kappa shape index (κ1) is 8.01. The Kier molecular flexibility index (Phi) is 2.44. The first-order valence-electron chi connectivity index (χ1n) is 3.44. The highest BCUT2D eigenvalue weighted by Crippen LogP contribution is 2.12. The summed E-state index contributed by atoms with van der Waals surface area (Å²) in [6.07, 6.45) is 0. The minimum Gasteiger partial charge on any atom is -0.388 e. The lowest BCUT2D eigenvalue weighted by Crippen LogP contribution is -2.00. The zero-order valence-electron chi connectivity index (χ0n) is 6.39. The van der Waals surface area contributed by atoms with E-state index in [0.717, 1.165) is 5.69 Å². The molecule has 3 heteroatoms. The third kappa shape index (κ3) is 1.68. The standard InChI is InChI=1S/C8H11FN2/c1-11-7-2-3-8(9)6(4-7)5-10/h2-4,11H,5,10H2,1H3. The molecule has 0 radical (unpaired) electrons. The Morgan fingerprint density at radius 2 is 2.27 bits per heavy atom. The van der Waals surface area contributed by atoms with E-state index >= 15 is 0 Å². The van der Waals surface area contributed by atoms with Crippen LogP contribution in [0, 0.1) is 5.82 Å². The number of rotatable bonds is 2. The molecule has 0 amide bonds. The van der Waals surface area contributed by atoms with Crippen LogP contribution in [-0.2, 0) is 6.54 Å². The zero-order valence-corrected chi connectivity index (χ0v) is 6.39. The van der Waals surface area contributed by atoms with Crippen molar-refractivity contribution in [3.63, 3.8) is 0 Å². The van der Waals surface area contributed by atoms with Gasteiger partial charge in [-0.15, -0.1) is 0 Å². The van der Waals surface area contributed by atoms with E-state index in [1.165, 1.54) is 6.07 Å². The van der Waals surface area contributed by atoms with Gasteiger partial charge in [-0.3, -0.25) is 0 Å². The van der Waals surface area contributed by atoms with E-state index in [1.807, 2.05) is 0 Å². The highest BCUT2D eigenvalue weighted by Gasteiger charge is 1.99. The lowest BCUT2D eigenvalue weighted by molar-refractivity contribution is 0.611. The number of nitrogens with two attached hydrogens (primary N) is 1. The van der Waals surface area contributed by atoms with Gasteiger partial charge >= 0.3 is 0 Å². The minimum atomic E-state index is -0.244. The Morgan fingerprint density at radius 3 is 2.82 bits per heavy atom. The Labute approximate surface area is 65.2 Å². The second-order valence-corrected chi connectivity index (χ2v) is 2.26. The van der Waals surface area contributed by atoms with Crippen molar-refractivity contribution in [2.75, 3.05) is 12.4 Å². The normalized spacial score (nSPS) is 9.73. The Hall–Kier alpha value is -1.09. The number of hydrogen-bond acceptors (Lipinski definition) is 2. The summed E-state index contributed by atoms with van der Waals surface area (Å²) in [7, 11) is 1.79. The molecule has 0 fully saturated rings. The third-order valence-corrected chi connectivity index (χ3v) is 1.55. The molecule has 0 bridgehead atoms. The average molecular weight is 154 g/mol. The molecule has 1 aromatic carbocycles. The van der Waals surface area contributed by atoms with Gasteiger partial charge in [-0.25, -0.2) is 4.39 Å². The van der Waals surface area contributed by atoms with Crippen LogP contribution < -0.4 is 11.1 Å². The molecule has 0 atom stereocenters. The largest absolute Gasteiger partial charge is 0.388 e. The minimum absolute atomic E-state index is 0.237. The molecule has 2 nitrogen and oxygen atoms in total. The van der Waals surface area contributed by atoms with Gasteiger partial charge in [0.25, 0.3) is 0 Å². The molecule has 0 spiro atoms. The van der Waals surface area contributed by atoms with E-state index < -0.39 is 0 Å². The molecule has 60 valence electrons. The van der Waals surface area contributed by atoms with Crippen molar-refractivity contribution in [2.24, 2.45) is 5.73 Å². The molecular formula is C8H11FN2. The molecule has 3 N–H and O–H groups in total. The van der Waals surface area contributed by atoms with Gasteiger partial charge < -0.3 is 11.1 Å². The Morgan fingerprint density at radius 1 is 1.55 bits per heavy atom. The molecule has 0 saturated heterocycles. The van der Waals surface area contributed by atoms with Crippen molar-refractivity contribution in [3.05, 3.63) is 29.6 Å². The molecule has 0 unspecified atom stereocenters. The maximum absolute atomic E-state index is 12.8. The molecule has 0 aliphatic carbocycles. The number of nitrogens with one attached hydrogen (secondary N) is 1. The molecule has 1 aromatic rings. The molecule has 1 rings (SSSR count). The highest BCUT2D eigenvalue weighted by molar-refractivity contribution is 5.45. The lowest BCUT2D eigenvalue weighted by Gasteiger charge is -2.03. The van der Waals surface area contributed by atoms with Crippen LogP contribution in [0.15, 0.2) is 18.2 Å². The van der Waals surface area contributed by atoms with E-state index in [0.29, 0.717) is 5.56 Å². The second-order valence-electron chi connectivity index (χ2n) is 2.26. The van der Waals surface area contributed by atoms with Gasteiger partial charge in [0.2, 0.25) is 0 Å². The highest BCUT2D eigenvalue weighted by atomic mass is 19.1. The average Bonchev–Trinajstić information content (AvgIpc) is 2.05. The van der Waals surface area contributed by atoms with Crippen LogP contribution in [0.4, 0.5) is 10.1 Å². The van der Waals surface area contributed by atoms with E-state index in [-0.39, 0.29) is 12.4 Å². The number of anilines is 1. The summed E-state index contributed by atoms with van der Waals surface area (Å²) in [6, 6.07) is 4.79. The van der Waals surface area contributed by atoms with Crippen molar-refractivity contribution in [3.8, 4) is 0 Å². The zero-order chi connectivity index (χ0) is 8.27. The predicted molar refractivity (Wildman–Crippen MR) is 43.8 cm³/mol. The summed E-state index contributed by atoms with van der Waals surface area (Å²) < 4.78 is 12.8. The smallest absolute Gasteiger partial charge is 0.127 e. The van der Waals surface area contributed by atoms with Crippen LogP contribution in [0.25, 0.3) is 0 Å². The monoisotopic (exact) mass is 154 g/mol. The number of halogens is 1. The fourth-order valence-electron chi connectivity index (χ4n) is 0.887. The summed E-state index contributed by atoms with van der Waals surface area (Å²) in [5, 5.41) is 2.91. The molecular weight excluding hydrogens is 143 g/mol. The number of benzene rings is 1. The van der Waals surface area contributed by atoms with Gasteiger partial charge in [-0.05, 0) is 18.2 Å². The summed E-state index contributed by atoms with van der Waals surface area (Å²) >= 11 is 0. The fraction of sp³-hybridized carbons (Fsp3) is 0.250. The Bertz CT molecular complexity index is 248. The maximum Gasteiger partial charge on any atom is 0.127 e. The fourth-order valence-corrected chi connectivity index (χ4v) is 0.887. The van der Waals surface area contributed by atoms with Gasteiger partial charge in [0.15, 0.2) is 0 Å². The van der Waals surface area contributed by atoms with E-state index in [1.54, 1.807) is 19.2 Å². The maximum atomic E-state index is 12.8. The SMILES string of the molecule is CNc1ccc(F)c(CN)c1. The second kappa shape index (κ2) is 3.34. The van der Waals surface area contributed by atoms with Crippen LogP contribution in [-0.4, -0.2) is 7.05 Å². The molecule has 0 aromatic heterocycles. The van der Waals surface area contributed by atoms with Crippen molar-refractivity contribution in [1.82, 2.24) is 0 Å². The lowest BCUT2D eigenvalue weighted by atomic mass is 10.2. The molecule has 11 heavy (non-hydrogen) atoms. The summed E-state index contributed by atoms with van der Waals surface area (Å²) in [6.45, 7) is 0.237. The van der Waals surface area contributed by atoms with E-state index in [9.17, 15) is 4.39 Å². The van der Waals surface area contributed by atoms with Crippen LogP contribution in [0.2, 0.25) is 0 Å². The first-order valence-corrected chi connectivity index (χ1v) is 3.44. The predicted octanol–water partition coefficient (Wildman–Crippen LogP) is 1.33. The van der Waals surface area contributed by atoms with E-state index in [4.69, 9.17) is 5.73 Å². The molecule has 0 heterocycles. The van der Waals surface area contributed by atoms with Gasteiger partial charge in [0.1, 0.15) is 5.82 Å². The number of hydrogen-bond donors (Lipinski definition) is 2. The van der Waals surface area contributed by atoms with Crippen LogP contribution in [0.5, 0.6) is 0 Å². The van der Waals surface area contributed by atoms with Gasteiger partial charge in [-0.1, -0.05) is 0 Å². The quantitative estimate of drug-likeness (QED) is 0.674.